The summed E-state index contributed by atoms with van der Waals surface area (Å²) in [7, 11) is -3.75. The van der Waals surface area contributed by atoms with Gasteiger partial charge in [-0.1, -0.05) is 17.2 Å². The number of nitrogens with one attached hydrogen (secondary N) is 1. The Morgan fingerprint density at radius 2 is 1.90 bits per heavy atom. The summed E-state index contributed by atoms with van der Waals surface area (Å²) in [6.07, 6.45) is 4.89. The van der Waals surface area contributed by atoms with E-state index in [1.54, 1.807) is 6.07 Å². The van der Waals surface area contributed by atoms with Gasteiger partial charge in [-0.3, -0.25) is 5.32 Å². The van der Waals surface area contributed by atoms with Crippen LogP contribution in [0.1, 0.15) is 51.0 Å². The highest BCUT2D eigenvalue weighted by atomic mass is 32.2. The summed E-state index contributed by atoms with van der Waals surface area (Å²) < 4.78 is 43.6. The zero-order valence-corrected chi connectivity index (χ0v) is 23.8. The van der Waals surface area contributed by atoms with Crippen LogP contribution >= 0.6 is 0 Å². The Hall–Kier alpha value is -4.06. The van der Waals surface area contributed by atoms with E-state index in [0.717, 1.165) is 54.3 Å². The summed E-state index contributed by atoms with van der Waals surface area (Å²) in [5.74, 6) is 0.904. The third kappa shape index (κ3) is 5.61. The number of hydrogen-bond donors (Lipinski definition) is 2. The number of ether oxygens (including phenoxy) is 2. The SMILES string of the molecule is Cc1nnc(S(=O)(=O)CCOc2ccc3c(N)c(-c4ccc(NC(=O)OC(C)C5CC5)cc4)n(C4CCC4)c3c2)o1. The van der Waals surface area contributed by atoms with Gasteiger partial charge in [-0.2, -0.15) is 0 Å². The van der Waals surface area contributed by atoms with Crippen molar-refractivity contribution in [3.8, 4) is 17.0 Å². The second-order valence-corrected chi connectivity index (χ2v) is 12.8. The van der Waals surface area contributed by atoms with Crippen LogP contribution in [-0.4, -0.2) is 47.7 Å². The Morgan fingerprint density at radius 3 is 2.54 bits per heavy atom. The number of carbonyl (C=O) groups is 1. The highest BCUT2D eigenvalue weighted by Crippen LogP contribution is 2.45. The molecular formula is C29H33N5O6S. The lowest BCUT2D eigenvalue weighted by atomic mass is 9.92. The zero-order valence-electron chi connectivity index (χ0n) is 23.0. The maximum absolute atomic E-state index is 12.5. The minimum Gasteiger partial charge on any atom is -0.492 e. The average Bonchev–Trinajstić information content (AvgIpc) is 3.61. The third-order valence-corrected chi connectivity index (χ3v) is 9.23. The first-order valence-corrected chi connectivity index (χ1v) is 15.5. The van der Waals surface area contributed by atoms with Crippen LogP contribution in [0.25, 0.3) is 22.2 Å². The molecule has 0 bridgehead atoms. The smallest absolute Gasteiger partial charge is 0.411 e. The second-order valence-electron chi connectivity index (χ2n) is 10.8. The number of anilines is 2. The molecule has 11 nitrogen and oxygen atoms in total. The van der Waals surface area contributed by atoms with Crippen LogP contribution in [0.3, 0.4) is 0 Å². The lowest BCUT2D eigenvalue weighted by molar-refractivity contribution is 0.108. The largest absolute Gasteiger partial charge is 0.492 e. The fraction of sp³-hybridized carbons (Fsp3) is 0.414. The van der Waals surface area contributed by atoms with E-state index in [9.17, 15) is 13.2 Å². The number of aryl methyl sites for hydroxylation is 1. The lowest BCUT2D eigenvalue weighted by Crippen LogP contribution is -2.21. The Balaban J connectivity index is 1.22. The number of nitrogen functional groups attached to an aromatic ring is 1. The Labute approximate surface area is 237 Å². The zero-order chi connectivity index (χ0) is 28.7. The number of benzene rings is 2. The Bertz CT molecular complexity index is 1690. The van der Waals surface area contributed by atoms with Crippen LogP contribution in [0.15, 0.2) is 52.1 Å². The maximum Gasteiger partial charge on any atom is 0.411 e. The van der Waals surface area contributed by atoms with Crippen LogP contribution < -0.4 is 15.8 Å². The minimum absolute atomic E-state index is 0.0714. The number of aromatic nitrogens is 3. The number of carbonyl (C=O) groups excluding carboxylic acids is 1. The van der Waals surface area contributed by atoms with Crippen LogP contribution in [0.2, 0.25) is 0 Å². The van der Waals surface area contributed by atoms with Gasteiger partial charge >= 0.3 is 11.3 Å². The van der Waals surface area contributed by atoms with E-state index in [1.807, 2.05) is 43.3 Å². The van der Waals surface area contributed by atoms with Gasteiger partial charge in [0.2, 0.25) is 15.7 Å². The highest BCUT2D eigenvalue weighted by molar-refractivity contribution is 7.91. The molecule has 2 aromatic heterocycles. The summed E-state index contributed by atoms with van der Waals surface area (Å²) in [5.41, 5.74) is 10.8. The molecule has 2 heterocycles. The topological polar surface area (TPSA) is 152 Å². The van der Waals surface area contributed by atoms with Crippen molar-refractivity contribution in [3.05, 3.63) is 48.4 Å². The van der Waals surface area contributed by atoms with Gasteiger partial charge in [-0.05, 0) is 69.2 Å². The van der Waals surface area contributed by atoms with Crippen molar-refractivity contribution in [2.24, 2.45) is 5.92 Å². The molecule has 216 valence electrons. The quantitative estimate of drug-likeness (QED) is 0.248. The molecule has 4 aromatic rings. The number of rotatable bonds is 10. The van der Waals surface area contributed by atoms with Gasteiger partial charge in [0.15, 0.2) is 0 Å². The first-order chi connectivity index (χ1) is 19.7. The van der Waals surface area contributed by atoms with Gasteiger partial charge in [0.1, 0.15) is 18.5 Å². The van der Waals surface area contributed by atoms with Crippen molar-refractivity contribution >= 4 is 38.2 Å². The maximum atomic E-state index is 12.5. The number of nitrogens with zero attached hydrogens (tertiary/aromatic N) is 3. The summed E-state index contributed by atoms with van der Waals surface area (Å²) in [5, 5.41) is 10.5. The molecule has 41 heavy (non-hydrogen) atoms. The van der Waals surface area contributed by atoms with Crippen molar-refractivity contribution in [1.82, 2.24) is 14.8 Å². The molecule has 6 rings (SSSR count). The molecule has 2 saturated carbocycles. The fourth-order valence-corrected chi connectivity index (χ4v) is 6.07. The second kappa shape index (κ2) is 10.7. The van der Waals surface area contributed by atoms with Gasteiger partial charge in [0.05, 0.1) is 22.7 Å². The van der Waals surface area contributed by atoms with E-state index >= 15 is 0 Å². The number of amides is 1. The van der Waals surface area contributed by atoms with E-state index in [4.69, 9.17) is 19.6 Å². The molecule has 2 aliphatic rings. The summed E-state index contributed by atoms with van der Waals surface area (Å²) in [6.45, 7) is 3.39. The predicted octanol–water partition coefficient (Wildman–Crippen LogP) is 5.51. The molecule has 0 radical (unpaired) electrons. The molecule has 1 atom stereocenters. The van der Waals surface area contributed by atoms with E-state index in [-0.39, 0.29) is 30.4 Å². The summed E-state index contributed by atoms with van der Waals surface area (Å²) >= 11 is 0. The molecule has 1 unspecified atom stereocenters. The summed E-state index contributed by atoms with van der Waals surface area (Å²) in [4.78, 5) is 12.3. The van der Waals surface area contributed by atoms with Crippen molar-refractivity contribution in [3.63, 3.8) is 0 Å². The Morgan fingerprint density at radius 1 is 1.15 bits per heavy atom. The summed E-state index contributed by atoms with van der Waals surface area (Å²) in [6, 6.07) is 13.5. The van der Waals surface area contributed by atoms with Crippen molar-refractivity contribution < 1.29 is 27.1 Å². The normalized spacial score (nSPS) is 16.3. The van der Waals surface area contributed by atoms with E-state index in [1.165, 1.54) is 6.92 Å². The Kier molecular flexibility index (Phi) is 7.10. The van der Waals surface area contributed by atoms with Crippen LogP contribution in [0, 0.1) is 12.8 Å². The molecule has 3 N–H and O–H groups in total. The monoisotopic (exact) mass is 579 g/mol. The number of fused-ring (bicyclic) bond motifs is 1. The lowest BCUT2D eigenvalue weighted by Gasteiger charge is -2.30. The molecular weight excluding hydrogens is 546 g/mol. The average molecular weight is 580 g/mol. The fourth-order valence-electron chi connectivity index (χ4n) is 5.17. The van der Waals surface area contributed by atoms with Crippen LogP contribution in [0.5, 0.6) is 5.75 Å². The molecule has 2 aromatic carbocycles. The van der Waals surface area contributed by atoms with Crippen molar-refractivity contribution in [1.29, 1.82) is 0 Å². The first kappa shape index (κ1) is 27.1. The van der Waals surface area contributed by atoms with E-state index < -0.39 is 21.2 Å². The standard InChI is InChI=1S/C29H33N5O6S/c1-17(19-6-7-19)39-28(35)31-21-10-8-20(9-11-21)27-26(30)24-13-12-23(16-25(24)34(27)22-4-3-5-22)38-14-15-41(36,37)29-33-32-18(2)40-29/h8-13,16-17,19,22H,3-7,14-15,30H2,1-2H3,(H,31,35). The number of sulfone groups is 1. The van der Waals surface area contributed by atoms with Crippen LogP contribution in [0.4, 0.5) is 16.2 Å². The molecule has 1 amide bonds. The van der Waals surface area contributed by atoms with Gasteiger partial charge in [0, 0.05) is 35.7 Å². The minimum atomic E-state index is -3.75. The number of hydrogen-bond acceptors (Lipinski definition) is 9. The van der Waals surface area contributed by atoms with Gasteiger partial charge in [-0.25, -0.2) is 13.2 Å². The molecule has 12 heteroatoms. The molecule has 2 fully saturated rings. The van der Waals surface area contributed by atoms with Crippen molar-refractivity contribution in [2.45, 2.75) is 63.3 Å². The number of nitrogens with two attached hydrogens (primary N) is 1. The van der Waals surface area contributed by atoms with Gasteiger partial charge < -0.3 is 24.2 Å². The molecule has 0 saturated heterocycles. The molecule has 0 spiro atoms. The highest BCUT2D eigenvalue weighted by Gasteiger charge is 2.31. The predicted molar refractivity (Wildman–Crippen MR) is 154 cm³/mol. The third-order valence-electron chi connectivity index (χ3n) is 7.83. The van der Waals surface area contributed by atoms with E-state index in [2.05, 4.69) is 20.1 Å². The molecule has 0 aliphatic heterocycles. The van der Waals surface area contributed by atoms with E-state index in [0.29, 0.717) is 23.0 Å². The van der Waals surface area contributed by atoms with Gasteiger partial charge in [-0.15, -0.1) is 5.10 Å². The van der Waals surface area contributed by atoms with Gasteiger partial charge in [0.25, 0.3) is 0 Å². The first-order valence-electron chi connectivity index (χ1n) is 13.9. The molecule has 2 aliphatic carbocycles. The van der Waals surface area contributed by atoms with Crippen molar-refractivity contribution in [2.75, 3.05) is 23.4 Å². The van der Waals surface area contributed by atoms with Crippen LogP contribution in [-0.2, 0) is 14.6 Å².